The maximum Gasteiger partial charge on any atom is 3.00 e. The maximum atomic E-state index is 8.25. The minimum Gasteiger partial charge on any atom is -0.369 e. The van der Waals surface area contributed by atoms with Gasteiger partial charge in [0.15, 0.2) is 0 Å². The van der Waals surface area contributed by atoms with Gasteiger partial charge in [-0.2, -0.15) is 0 Å². The van der Waals surface area contributed by atoms with E-state index >= 15 is 0 Å². The Balaban J connectivity index is -0.0000000257. The molecule has 18 heteroatoms. The number of hydrogen-bond donors (Lipinski definition) is 1. The summed E-state index contributed by atoms with van der Waals surface area (Å²) < 4.78 is 0. The van der Waals surface area contributed by atoms with Gasteiger partial charge in [0.25, 0.3) is 0 Å². The van der Waals surface area contributed by atoms with Crippen LogP contribution in [-0.4, -0.2) is 20.3 Å². The van der Waals surface area contributed by atoms with Gasteiger partial charge in [-0.1, -0.05) is 0 Å². The molecule has 104 valence electrons. The minimum atomic E-state index is -1.75. The first-order chi connectivity index (χ1) is 6.93. The van der Waals surface area contributed by atoms with Crippen molar-refractivity contribution in [3.8, 4) is 0 Å². The first-order valence-electron chi connectivity index (χ1n) is 2.19. The third-order valence-corrected chi connectivity index (χ3v) is 0. The molecule has 0 aromatic carbocycles. The molecule has 0 aromatic heterocycles. The van der Waals surface area contributed by atoms with Gasteiger partial charge in [-0.25, -0.2) is 0 Å². The predicted octanol–water partition coefficient (Wildman–Crippen LogP) is -0.580. The molecule has 17 nitrogen and oxygen atoms in total. The topological polar surface area (TPSA) is 301 Å². The van der Waals surface area contributed by atoms with Gasteiger partial charge in [0.05, 0.1) is 20.3 Å². The Morgan fingerprint density at radius 1 is 0.444 bits per heavy atom. The van der Waals surface area contributed by atoms with Crippen molar-refractivity contribution in [3.63, 3.8) is 0 Å². The summed E-state index contributed by atoms with van der Waals surface area (Å²) in [6.45, 7) is 0. The van der Waals surface area contributed by atoms with Crippen LogP contribution in [0.5, 0.6) is 0 Å². The van der Waals surface area contributed by atoms with E-state index in [9.17, 15) is 0 Å². The summed E-state index contributed by atoms with van der Waals surface area (Å²) in [5.41, 5.74) is 0. The fourth-order valence-electron chi connectivity index (χ4n) is 0. The van der Waals surface area contributed by atoms with E-state index in [0.717, 1.165) is 0 Å². The van der Waals surface area contributed by atoms with E-state index in [-0.39, 0.29) is 47.4 Å². The van der Waals surface area contributed by atoms with Crippen LogP contribution in [0.15, 0.2) is 0 Å². The number of quaternary nitrogens is 1. The summed E-state index contributed by atoms with van der Waals surface area (Å²) in [6, 6.07) is 0. The molecule has 0 heterocycles. The average molecular weight is 407 g/mol. The fraction of sp³-hybridized carbons (Fsp3) is 0. The van der Waals surface area contributed by atoms with Crippen LogP contribution in [-0.2, 0) is 0 Å². The average Bonchev–Trinajstić information content (AvgIpc) is 1.76. The standard InChI is InChI=1S/4NO3.H3N.Pr/c4*2-1(3)4;;/h;;;;1H3;/q4*-1;;+3/p+1. The van der Waals surface area contributed by atoms with Gasteiger partial charge in [0.2, 0.25) is 0 Å². The van der Waals surface area contributed by atoms with Crippen molar-refractivity contribution >= 4 is 0 Å². The van der Waals surface area contributed by atoms with Gasteiger partial charge >= 0.3 is 41.3 Å². The van der Waals surface area contributed by atoms with E-state index in [4.69, 9.17) is 61.3 Å². The molecule has 0 rings (SSSR count). The van der Waals surface area contributed by atoms with Crippen LogP contribution in [0, 0.1) is 103 Å². The van der Waals surface area contributed by atoms with E-state index in [1.165, 1.54) is 0 Å². The van der Waals surface area contributed by atoms with Crippen LogP contribution in [0.4, 0.5) is 0 Å². The fourth-order valence-corrected chi connectivity index (χ4v) is 0. The van der Waals surface area contributed by atoms with E-state index in [1.54, 1.807) is 0 Å². The first kappa shape index (κ1) is 36.0. The summed E-state index contributed by atoms with van der Waals surface area (Å²) in [7, 11) is 0. The van der Waals surface area contributed by atoms with Crippen molar-refractivity contribution in [2.75, 3.05) is 0 Å². The normalized spacial score (nSPS) is 5.33. The number of hydrogen-bond acceptors (Lipinski definition) is 12. The molecule has 0 radical (unpaired) electrons. The second-order valence-corrected chi connectivity index (χ2v) is 0.894. The molecule has 0 saturated heterocycles. The maximum absolute atomic E-state index is 8.25. The molecule has 4 N–H and O–H groups in total. The van der Waals surface area contributed by atoms with Crippen molar-refractivity contribution in [1.29, 1.82) is 0 Å². The molecule has 0 aromatic rings. The van der Waals surface area contributed by atoms with E-state index in [0.29, 0.717) is 0 Å². The Morgan fingerprint density at radius 2 is 0.444 bits per heavy atom. The summed E-state index contributed by atoms with van der Waals surface area (Å²) in [5.74, 6) is 0. The largest absolute Gasteiger partial charge is 3.00 e. The molecule has 0 aliphatic rings. The van der Waals surface area contributed by atoms with Crippen molar-refractivity contribution in [2.45, 2.75) is 0 Å². The molecular weight excluding hydrogens is 403 g/mol. The molecule has 0 fully saturated rings. The van der Waals surface area contributed by atoms with E-state index in [1.807, 2.05) is 0 Å². The van der Waals surface area contributed by atoms with Gasteiger partial charge in [-0.15, -0.1) is 0 Å². The van der Waals surface area contributed by atoms with E-state index < -0.39 is 20.3 Å². The molecule has 0 amide bonds. The van der Waals surface area contributed by atoms with Crippen LogP contribution in [0.3, 0.4) is 0 Å². The molecule has 0 unspecified atom stereocenters. The van der Waals surface area contributed by atoms with Crippen molar-refractivity contribution in [2.24, 2.45) is 0 Å². The molecule has 0 spiro atoms. The molecule has 0 bridgehead atoms. The van der Waals surface area contributed by atoms with E-state index in [2.05, 4.69) is 0 Å². The van der Waals surface area contributed by atoms with Gasteiger partial charge < -0.3 is 67.4 Å². The molecule has 18 heavy (non-hydrogen) atoms. The summed E-state index contributed by atoms with van der Waals surface area (Å²) in [4.78, 5) is 33.0. The minimum absolute atomic E-state index is 0. The van der Waals surface area contributed by atoms with Gasteiger partial charge in [0, 0.05) is 0 Å². The van der Waals surface area contributed by atoms with Gasteiger partial charge in [0.1, 0.15) is 0 Å². The van der Waals surface area contributed by atoms with Crippen LogP contribution in [0.25, 0.3) is 0 Å². The monoisotopic (exact) mass is 407 g/mol. The zero-order valence-corrected chi connectivity index (χ0v) is 12.0. The Bertz CT molecular complexity index is 161. The van der Waals surface area contributed by atoms with Crippen LogP contribution in [0.2, 0.25) is 0 Å². The molecule has 0 aliphatic heterocycles. The second-order valence-electron chi connectivity index (χ2n) is 0.894. The number of rotatable bonds is 0. The predicted molar refractivity (Wildman–Crippen MR) is 47.4 cm³/mol. The van der Waals surface area contributed by atoms with Crippen molar-refractivity contribution in [3.05, 3.63) is 61.3 Å². The summed E-state index contributed by atoms with van der Waals surface area (Å²) >= 11 is 0. The zero-order valence-electron chi connectivity index (χ0n) is 8.27. The first-order valence-corrected chi connectivity index (χ1v) is 2.19. The SMILES string of the molecule is O=[N+]([O-])[O-].O=[N+]([O-])[O-].O=[N+]([O-])[O-].O=[N+]([O-])[O-].[NH4+].[Pr+3]. The van der Waals surface area contributed by atoms with Gasteiger partial charge in [-0.3, -0.25) is 0 Å². The third-order valence-electron chi connectivity index (χ3n) is 0. The van der Waals surface area contributed by atoms with Gasteiger partial charge in [-0.05, 0) is 0 Å². The van der Waals surface area contributed by atoms with Crippen molar-refractivity contribution < 1.29 is 61.6 Å². The zero-order chi connectivity index (χ0) is 14.3. The quantitative estimate of drug-likeness (QED) is 0.389. The Kier molecular flexibility index (Phi) is 58.8. The third kappa shape index (κ3) is 691. The Hall–Kier alpha value is -1.88. The molecule has 0 saturated carbocycles. The molecule has 0 aliphatic carbocycles. The summed E-state index contributed by atoms with van der Waals surface area (Å²) in [6.07, 6.45) is 0. The van der Waals surface area contributed by atoms with Crippen LogP contribution >= 0.6 is 0 Å². The Labute approximate surface area is 129 Å². The second kappa shape index (κ2) is 29.4. The molecular formula is H4N5O12Pr. The number of nitrogens with zero attached hydrogens (tertiary/aromatic N) is 4. The van der Waals surface area contributed by atoms with Crippen molar-refractivity contribution in [1.82, 2.24) is 6.15 Å². The van der Waals surface area contributed by atoms with Crippen LogP contribution in [0.1, 0.15) is 0 Å². The van der Waals surface area contributed by atoms with Crippen LogP contribution < -0.4 is 6.15 Å². The Morgan fingerprint density at radius 3 is 0.444 bits per heavy atom. The molecule has 0 atom stereocenters. The smallest absolute Gasteiger partial charge is 0.369 e. The summed E-state index contributed by atoms with van der Waals surface area (Å²) in [5, 5.41) is 59.0.